The average Bonchev–Trinajstić information content (AvgIpc) is 2.77. The molecule has 2 aromatic rings. The molecule has 2 N–H and O–H groups in total. The first-order chi connectivity index (χ1) is 14.5. The third-order valence-electron chi connectivity index (χ3n) is 5.10. The van der Waals surface area contributed by atoms with Gasteiger partial charge in [0, 0.05) is 43.5 Å². The lowest BCUT2D eigenvalue weighted by Gasteiger charge is -2.30. The van der Waals surface area contributed by atoms with Crippen molar-refractivity contribution < 1.29 is 23.5 Å². The second kappa shape index (κ2) is 8.23. The summed E-state index contributed by atoms with van der Waals surface area (Å²) in [6.45, 7) is 4.37. The standard InChI is InChI=1S/C20H22FN5O4/c1-11(21)17-16-13(3-4-23-18(16)25-20(28)30-17)14-9-12(19(27)29-2)10-15(24-14)26-7-5-22-6-8-26/h3-4,9-11,17,22H,5-8H2,1-2H3,(H,23,25,28). The number of anilines is 2. The van der Waals surface area contributed by atoms with Gasteiger partial charge in [0.15, 0.2) is 6.10 Å². The molecule has 2 aliphatic heterocycles. The van der Waals surface area contributed by atoms with Gasteiger partial charge in [0.2, 0.25) is 0 Å². The lowest BCUT2D eigenvalue weighted by atomic mass is 9.96. The normalized spacial score (nSPS) is 19.4. The van der Waals surface area contributed by atoms with Crippen molar-refractivity contribution in [2.75, 3.05) is 43.5 Å². The third-order valence-corrected chi connectivity index (χ3v) is 5.10. The van der Waals surface area contributed by atoms with Crippen LogP contribution in [0.2, 0.25) is 0 Å². The van der Waals surface area contributed by atoms with E-state index in [-0.39, 0.29) is 5.82 Å². The summed E-state index contributed by atoms with van der Waals surface area (Å²) in [4.78, 5) is 35.1. The molecule has 4 rings (SSSR count). The van der Waals surface area contributed by atoms with Crippen molar-refractivity contribution in [2.45, 2.75) is 19.2 Å². The highest BCUT2D eigenvalue weighted by Gasteiger charge is 2.35. The van der Waals surface area contributed by atoms with E-state index in [1.165, 1.54) is 20.2 Å². The fraction of sp³-hybridized carbons (Fsp3) is 0.400. The third kappa shape index (κ3) is 3.78. The van der Waals surface area contributed by atoms with E-state index in [1.54, 1.807) is 18.2 Å². The highest BCUT2D eigenvalue weighted by atomic mass is 19.1. The topological polar surface area (TPSA) is 106 Å². The molecule has 0 saturated carbocycles. The molecule has 1 saturated heterocycles. The van der Waals surface area contributed by atoms with E-state index in [2.05, 4.69) is 20.5 Å². The maximum Gasteiger partial charge on any atom is 0.413 e. The van der Waals surface area contributed by atoms with Gasteiger partial charge in [-0.1, -0.05) is 0 Å². The van der Waals surface area contributed by atoms with Crippen molar-refractivity contribution in [2.24, 2.45) is 0 Å². The molecule has 1 amide bonds. The summed E-state index contributed by atoms with van der Waals surface area (Å²) in [5, 5.41) is 5.78. The molecule has 0 spiro atoms. The van der Waals surface area contributed by atoms with Crippen LogP contribution in [0.3, 0.4) is 0 Å². The molecule has 0 aliphatic carbocycles. The molecular formula is C20H22FN5O4. The number of amides is 1. The Balaban J connectivity index is 1.87. The maximum absolute atomic E-state index is 14.3. The number of alkyl halides is 1. The van der Waals surface area contributed by atoms with E-state index >= 15 is 0 Å². The largest absolute Gasteiger partial charge is 0.465 e. The molecule has 0 bridgehead atoms. The van der Waals surface area contributed by atoms with Crippen LogP contribution in [0.4, 0.5) is 20.8 Å². The molecule has 2 aliphatic rings. The highest BCUT2D eigenvalue weighted by molar-refractivity contribution is 5.93. The Morgan fingerprint density at radius 3 is 2.83 bits per heavy atom. The Hall–Kier alpha value is -3.27. The predicted molar refractivity (Wildman–Crippen MR) is 107 cm³/mol. The zero-order valence-corrected chi connectivity index (χ0v) is 16.6. The number of hydrogen-bond acceptors (Lipinski definition) is 8. The number of nitrogens with one attached hydrogen (secondary N) is 2. The van der Waals surface area contributed by atoms with Gasteiger partial charge in [-0.15, -0.1) is 0 Å². The van der Waals surface area contributed by atoms with Crippen molar-refractivity contribution in [3.63, 3.8) is 0 Å². The molecule has 4 heterocycles. The summed E-state index contributed by atoms with van der Waals surface area (Å²) in [6, 6.07) is 4.94. The smallest absolute Gasteiger partial charge is 0.413 e. The number of pyridine rings is 2. The van der Waals surface area contributed by atoms with Crippen molar-refractivity contribution in [3.05, 3.63) is 35.5 Å². The number of fused-ring (bicyclic) bond motifs is 1. The number of hydrogen-bond donors (Lipinski definition) is 2. The summed E-state index contributed by atoms with van der Waals surface area (Å²) in [7, 11) is 1.31. The van der Waals surface area contributed by atoms with E-state index in [4.69, 9.17) is 14.5 Å². The minimum Gasteiger partial charge on any atom is -0.465 e. The molecule has 30 heavy (non-hydrogen) atoms. The maximum atomic E-state index is 14.3. The van der Waals surface area contributed by atoms with Gasteiger partial charge in [0.05, 0.1) is 18.4 Å². The van der Waals surface area contributed by atoms with Gasteiger partial charge < -0.3 is 19.7 Å². The van der Waals surface area contributed by atoms with Crippen LogP contribution in [0.5, 0.6) is 0 Å². The van der Waals surface area contributed by atoms with Gasteiger partial charge in [-0.25, -0.2) is 23.9 Å². The highest BCUT2D eigenvalue weighted by Crippen LogP contribution is 2.40. The molecule has 2 aromatic heterocycles. The number of piperazine rings is 1. The van der Waals surface area contributed by atoms with Crippen LogP contribution in [-0.2, 0) is 9.47 Å². The molecule has 2 unspecified atom stereocenters. The number of carbonyl (C=O) groups is 2. The average molecular weight is 415 g/mol. The molecule has 9 nitrogen and oxygen atoms in total. The van der Waals surface area contributed by atoms with Gasteiger partial charge in [0.25, 0.3) is 0 Å². The zero-order chi connectivity index (χ0) is 21.3. The quantitative estimate of drug-likeness (QED) is 0.733. The van der Waals surface area contributed by atoms with Gasteiger partial charge in [0.1, 0.15) is 17.8 Å². The Morgan fingerprint density at radius 1 is 1.37 bits per heavy atom. The van der Waals surface area contributed by atoms with Crippen LogP contribution in [0.15, 0.2) is 24.4 Å². The fourth-order valence-electron chi connectivity index (χ4n) is 3.65. The first kappa shape index (κ1) is 20.0. The number of rotatable bonds is 4. The summed E-state index contributed by atoms with van der Waals surface area (Å²) >= 11 is 0. The van der Waals surface area contributed by atoms with Crippen LogP contribution in [0.1, 0.15) is 28.9 Å². The second-order valence-electron chi connectivity index (χ2n) is 7.08. The molecule has 0 aromatic carbocycles. The molecule has 158 valence electrons. The lowest BCUT2D eigenvalue weighted by Crippen LogP contribution is -2.44. The molecule has 2 atom stereocenters. The molecule has 10 heteroatoms. The number of halogens is 1. The van der Waals surface area contributed by atoms with Crippen molar-refractivity contribution in [1.82, 2.24) is 15.3 Å². The van der Waals surface area contributed by atoms with Gasteiger partial charge in [-0.2, -0.15) is 0 Å². The first-order valence-corrected chi connectivity index (χ1v) is 9.65. The van der Waals surface area contributed by atoms with Crippen molar-refractivity contribution in [1.29, 1.82) is 0 Å². The van der Waals surface area contributed by atoms with Gasteiger partial charge in [-0.3, -0.25) is 5.32 Å². The molecule has 1 fully saturated rings. The van der Waals surface area contributed by atoms with E-state index < -0.39 is 24.3 Å². The number of aromatic nitrogens is 2. The predicted octanol–water partition coefficient (Wildman–Crippen LogP) is 2.30. The van der Waals surface area contributed by atoms with Crippen LogP contribution in [-0.4, -0.2) is 61.5 Å². The van der Waals surface area contributed by atoms with Crippen LogP contribution >= 0.6 is 0 Å². The number of esters is 1. The Labute approximate surface area is 172 Å². The zero-order valence-electron chi connectivity index (χ0n) is 16.6. The number of ether oxygens (including phenoxy) is 2. The summed E-state index contributed by atoms with van der Waals surface area (Å²) in [6.07, 6.45) is -1.87. The van der Waals surface area contributed by atoms with E-state index in [0.717, 1.165) is 26.2 Å². The second-order valence-corrected chi connectivity index (χ2v) is 7.08. The number of methoxy groups -OCH3 is 1. The van der Waals surface area contributed by atoms with E-state index in [1.807, 2.05) is 0 Å². The molecule has 0 radical (unpaired) electrons. The van der Waals surface area contributed by atoms with E-state index in [0.29, 0.717) is 28.2 Å². The summed E-state index contributed by atoms with van der Waals surface area (Å²) < 4.78 is 24.4. The van der Waals surface area contributed by atoms with Crippen molar-refractivity contribution in [3.8, 4) is 11.3 Å². The SMILES string of the molecule is COC(=O)c1cc(-c2ccnc3c2C(C(C)F)OC(=O)N3)nc(N2CCNCC2)c1. The summed E-state index contributed by atoms with van der Waals surface area (Å²) in [5.41, 5.74) is 1.67. The van der Waals surface area contributed by atoms with E-state index in [9.17, 15) is 14.0 Å². The summed E-state index contributed by atoms with van der Waals surface area (Å²) in [5.74, 6) is 0.329. The van der Waals surface area contributed by atoms with Crippen molar-refractivity contribution >= 4 is 23.7 Å². The van der Waals surface area contributed by atoms with Crippen LogP contribution in [0.25, 0.3) is 11.3 Å². The Bertz CT molecular complexity index is 978. The number of carbonyl (C=O) groups excluding carboxylic acids is 2. The Morgan fingerprint density at radius 2 is 2.13 bits per heavy atom. The Kier molecular flexibility index (Phi) is 5.49. The fourth-order valence-corrected chi connectivity index (χ4v) is 3.65. The van der Waals surface area contributed by atoms with Gasteiger partial charge >= 0.3 is 12.1 Å². The minimum absolute atomic E-state index is 0.215. The van der Waals surface area contributed by atoms with Crippen LogP contribution in [0, 0.1) is 0 Å². The molecular weight excluding hydrogens is 393 g/mol. The van der Waals surface area contributed by atoms with Crippen LogP contribution < -0.4 is 15.5 Å². The minimum atomic E-state index is -1.46. The number of nitrogens with zero attached hydrogens (tertiary/aromatic N) is 3. The first-order valence-electron chi connectivity index (χ1n) is 9.65. The lowest BCUT2D eigenvalue weighted by molar-refractivity contribution is 0.0552. The monoisotopic (exact) mass is 415 g/mol. The number of cyclic esters (lactones) is 1. The van der Waals surface area contributed by atoms with Gasteiger partial charge in [-0.05, 0) is 25.1 Å².